The standard InChI is InChI=1S/C18H23NO8P2/c1-28(21,22)26-16-7-4-15(5-8-16)12-13-19-18(20)11-6-14-2-9-17(10-3-14)27-29(23,24)25/h2-5,7-10H,6,11-13H2,1H3,(H,19,20)(H,21,22)(H2,23,24,25). The van der Waals surface area contributed by atoms with E-state index in [0.717, 1.165) is 17.8 Å². The summed E-state index contributed by atoms with van der Waals surface area (Å²) in [6, 6.07) is 12.9. The number of aryl methyl sites for hydroxylation is 1. The third kappa shape index (κ3) is 9.74. The fraction of sp³-hybridized carbons (Fsp3) is 0.278. The van der Waals surface area contributed by atoms with Gasteiger partial charge in [-0.15, -0.1) is 0 Å². The van der Waals surface area contributed by atoms with E-state index in [-0.39, 0.29) is 18.1 Å². The van der Waals surface area contributed by atoms with Crippen LogP contribution in [0.4, 0.5) is 0 Å². The zero-order valence-corrected chi connectivity index (χ0v) is 17.5. The second kappa shape index (κ2) is 10.1. The number of nitrogens with one attached hydrogen (secondary N) is 1. The highest BCUT2D eigenvalue weighted by Crippen LogP contribution is 2.38. The molecule has 0 bridgehead atoms. The van der Waals surface area contributed by atoms with Crippen LogP contribution in [0.2, 0.25) is 0 Å². The number of amides is 1. The van der Waals surface area contributed by atoms with Gasteiger partial charge < -0.3 is 19.3 Å². The van der Waals surface area contributed by atoms with Crippen molar-refractivity contribution in [2.75, 3.05) is 13.2 Å². The van der Waals surface area contributed by atoms with Gasteiger partial charge in [-0.3, -0.25) is 14.6 Å². The summed E-state index contributed by atoms with van der Waals surface area (Å²) in [7, 11) is -8.16. The first-order chi connectivity index (χ1) is 13.5. The molecule has 0 fully saturated rings. The lowest BCUT2D eigenvalue weighted by atomic mass is 10.1. The van der Waals surface area contributed by atoms with Crippen LogP contribution in [0, 0.1) is 0 Å². The molecule has 1 unspecified atom stereocenters. The average Bonchev–Trinajstić information content (AvgIpc) is 2.60. The van der Waals surface area contributed by atoms with E-state index >= 15 is 0 Å². The molecule has 0 spiro atoms. The maximum absolute atomic E-state index is 12.0. The highest BCUT2D eigenvalue weighted by Gasteiger charge is 2.15. The predicted molar refractivity (Wildman–Crippen MR) is 107 cm³/mol. The van der Waals surface area contributed by atoms with Crippen molar-refractivity contribution in [3.8, 4) is 11.5 Å². The zero-order valence-electron chi connectivity index (χ0n) is 15.7. The summed E-state index contributed by atoms with van der Waals surface area (Å²) in [6.07, 6.45) is 1.35. The molecule has 0 saturated carbocycles. The molecule has 0 saturated heterocycles. The Balaban J connectivity index is 1.71. The molecule has 0 radical (unpaired) electrons. The first kappa shape index (κ1) is 23.1. The molecule has 29 heavy (non-hydrogen) atoms. The van der Waals surface area contributed by atoms with Crippen molar-refractivity contribution in [2.45, 2.75) is 19.3 Å². The van der Waals surface area contributed by atoms with Crippen molar-refractivity contribution < 1.29 is 37.7 Å². The average molecular weight is 443 g/mol. The molecule has 1 amide bonds. The van der Waals surface area contributed by atoms with Gasteiger partial charge in [0.15, 0.2) is 0 Å². The lowest BCUT2D eigenvalue weighted by molar-refractivity contribution is -0.121. The third-order valence-corrected chi connectivity index (χ3v) is 4.72. The number of phosphoric ester groups is 1. The molecule has 2 aromatic carbocycles. The molecule has 4 N–H and O–H groups in total. The Hall–Kier alpha value is -2.15. The number of benzene rings is 2. The molecule has 0 aromatic heterocycles. The summed E-state index contributed by atoms with van der Waals surface area (Å²) in [4.78, 5) is 38.6. The molecular weight excluding hydrogens is 420 g/mol. The van der Waals surface area contributed by atoms with Gasteiger partial charge in [0.25, 0.3) is 0 Å². The van der Waals surface area contributed by atoms with Crippen LogP contribution in [0.5, 0.6) is 11.5 Å². The minimum atomic E-state index is -4.58. The fourth-order valence-corrected chi connectivity index (χ4v) is 3.37. The summed E-state index contributed by atoms with van der Waals surface area (Å²) in [5, 5.41) is 2.81. The van der Waals surface area contributed by atoms with E-state index in [9.17, 15) is 18.8 Å². The van der Waals surface area contributed by atoms with E-state index in [1.165, 1.54) is 12.1 Å². The molecule has 0 aliphatic heterocycles. The monoisotopic (exact) mass is 443 g/mol. The van der Waals surface area contributed by atoms with Gasteiger partial charge in [0.05, 0.1) is 0 Å². The van der Waals surface area contributed by atoms with Crippen LogP contribution in [-0.4, -0.2) is 33.8 Å². The van der Waals surface area contributed by atoms with E-state index < -0.39 is 15.4 Å². The van der Waals surface area contributed by atoms with Gasteiger partial charge in [0.2, 0.25) is 5.91 Å². The third-order valence-electron chi connectivity index (χ3n) is 3.72. The van der Waals surface area contributed by atoms with Crippen LogP contribution in [0.1, 0.15) is 17.5 Å². The van der Waals surface area contributed by atoms with Gasteiger partial charge in [-0.2, -0.15) is 0 Å². The molecule has 0 aliphatic rings. The number of carbonyl (C=O) groups is 1. The highest BCUT2D eigenvalue weighted by atomic mass is 31.2. The maximum Gasteiger partial charge on any atom is 0.524 e. The van der Waals surface area contributed by atoms with Crippen molar-refractivity contribution in [3.63, 3.8) is 0 Å². The van der Waals surface area contributed by atoms with Crippen molar-refractivity contribution in [3.05, 3.63) is 59.7 Å². The van der Waals surface area contributed by atoms with Gasteiger partial charge in [-0.1, -0.05) is 24.3 Å². The van der Waals surface area contributed by atoms with Crippen molar-refractivity contribution >= 4 is 21.3 Å². The first-order valence-electron chi connectivity index (χ1n) is 8.70. The van der Waals surface area contributed by atoms with Gasteiger partial charge >= 0.3 is 15.4 Å². The molecule has 9 nitrogen and oxygen atoms in total. The largest absolute Gasteiger partial charge is 0.524 e. The second-order valence-corrected chi connectivity index (χ2v) is 9.32. The number of hydrogen-bond donors (Lipinski definition) is 4. The van der Waals surface area contributed by atoms with E-state index in [4.69, 9.17) is 14.3 Å². The summed E-state index contributed by atoms with van der Waals surface area (Å²) in [5.74, 6) is 0.250. The smallest absolute Gasteiger partial charge is 0.425 e. The first-order valence-corrected chi connectivity index (χ1v) is 12.3. The number of rotatable bonds is 10. The highest BCUT2D eigenvalue weighted by molar-refractivity contribution is 7.52. The predicted octanol–water partition coefficient (Wildman–Crippen LogP) is 2.64. The molecule has 2 rings (SSSR count). The molecule has 0 heterocycles. The van der Waals surface area contributed by atoms with Crippen LogP contribution in [0.25, 0.3) is 0 Å². The van der Waals surface area contributed by atoms with Crippen molar-refractivity contribution in [2.24, 2.45) is 0 Å². The van der Waals surface area contributed by atoms with E-state index in [1.54, 1.807) is 36.4 Å². The summed E-state index contributed by atoms with van der Waals surface area (Å²) in [5.41, 5.74) is 1.79. The van der Waals surface area contributed by atoms with Crippen LogP contribution < -0.4 is 14.4 Å². The number of hydrogen-bond acceptors (Lipinski definition) is 5. The van der Waals surface area contributed by atoms with Gasteiger partial charge in [0.1, 0.15) is 11.5 Å². The summed E-state index contributed by atoms with van der Waals surface area (Å²) in [6.45, 7) is 1.56. The molecule has 0 aliphatic carbocycles. The van der Waals surface area contributed by atoms with Crippen molar-refractivity contribution in [1.29, 1.82) is 0 Å². The van der Waals surface area contributed by atoms with Crippen LogP contribution in [-0.2, 0) is 26.8 Å². The Morgan fingerprint density at radius 2 is 1.34 bits per heavy atom. The molecule has 1 atom stereocenters. The van der Waals surface area contributed by atoms with Crippen molar-refractivity contribution in [1.82, 2.24) is 5.32 Å². The molecular formula is C18H23NO8P2. The van der Waals surface area contributed by atoms with Gasteiger partial charge in [-0.25, -0.2) is 9.13 Å². The quantitative estimate of drug-likeness (QED) is 0.411. The Labute approximate surface area is 168 Å². The number of carbonyl (C=O) groups excluding carboxylic acids is 1. The molecule has 158 valence electrons. The zero-order chi connectivity index (χ0) is 21.5. The van der Waals surface area contributed by atoms with Crippen LogP contribution in [0.3, 0.4) is 0 Å². The number of phosphoric acid groups is 1. The minimum Gasteiger partial charge on any atom is -0.425 e. The lowest BCUT2D eigenvalue weighted by Gasteiger charge is -2.10. The molecule has 2 aromatic rings. The second-order valence-electron chi connectivity index (χ2n) is 6.36. The topological polar surface area (TPSA) is 142 Å². The minimum absolute atomic E-state index is 0.0590. The Morgan fingerprint density at radius 3 is 1.83 bits per heavy atom. The lowest BCUT2D eigenvalue weighted by Crippen LogP contribution is -2.25. The Bertz CT molecular complexity index is 902. The Morgan fingerprint density at radius 1 is 0.862 bits per heavy atom. The van der Waals surface area contributed by atoms with E-state index in [0.29, 0.717) is 25.1 Å². The van der Waals surface area contributed by atoms with E-state index in [1.807, 2.05) is 0 Å². The van der Waals surface area contributed by atoms with Crippen LogP contribution >= 0.6 is 15.4 Å². The van der Waals surface area contributed by atoms with Gasteiger partial charge in [0, 0.05) is 19.6 Å². The van der Waals surface area contributed by atoms with E-state index in [2.05, 4.69) is 9.84 Å². The fourth-order valence-electron chi connectivity index (χ4n) is 2.46. The summed E-state index contributed by atoms with van der Waals surface area (Å²) < 4.78 is 31.3. The summed E-state index contributed by atoms with van der Waals surface area (Å²) >= 11 is 0. The Kier molecular flexibility index (Phi) is 8.02. The molecule has 11 heteroatoms. The van der Waals surface area contributed by atoms with Gasteiger partial charge in [-0.05, 0) is 48.2 Å². The SMILES string of the molecule is CP(=O)(O)Oc1ccc(CCNC(=O)CCc2ccc(OP(=O)(O)O)cc2)cc1. The maximum atomic E-state index is 12.0. The normalized spacial score (nSPS) is 13.4. The van der Waals surface area contributed by atoms with Crippen LogP contribution in [0.15, 0.2) is 48.5 Å².